The Labute approximate surface area is 202 Å². The van der Waals surface area contributed by atoms with Gasteiger partial charge in [-0.1, -0.05) is 80.1 Å². The van der Waals surface area contributed by atoms with Crippen molar-refractivity contribution < 1.29 is 9.59 Å². The van der Waals surface area contributed by atoms with Crippen LogP contribution in [0.25, 0.3) is 22.0 Å². The van der Waals surface area contributed by atoms with Crippen LogP contribution in [0.5, 0.6) is 0 Å². The third-order valence-corrected chi connectivity index (χ3v) is 6.71. The second-order valence-electron chi connectivity index (χ2n) is 8.12. The summed E-state index contributed by atoms with van der Waals surface area (Å²) in [6.45, 7) is 3.95. The Balaban J connectivity index is 1.62. The molecule has 0 aliphatic heterocycles. The lowest BCUT2D eigenvalue weighted by molar-refractivity contribution is -0.119. The van der Waals surface area contributed by atoms with Crippen molar-refractivity contribution in [1.29, 1.82) is 0 Å². The molecular formula is C26H27N5O2S. The molecule has 0 spiro atoms. The maximum absolute atomic E-state index is 13.3. The van der Waals surface area contributed by atoms with Gasteiger partial charge in [0.1, 0.15) is 6.04 Å². The van der Waals surface area contributed by atoms with Crippen molar-refractivity contribution in [2.24, 2.45) is 13.0 Å². The fourth-order valence-electron chi connectivity index (χ4n) is 3.60. The van der Waals surface area contributed by atoms with E-state index in [1.54, 1.807) is 30.5 Å². The fourth-order valence-corrected chi connectivity index (χ4v) is 4.63. The van der Waals surface area contributed by atoms with Gasteiger partial charge in [0.2, 0.25) is 5.91 Å². The number of anilines is 1. The Bertz CT molecular complexity index is 1270. The van der Waals surface area contributed by atoms with Gasteiger partial charge in [-0.2, -0.15) is 0 Å². The van der Waals surface area contributed by atoms with E-state index in [4.69, 9.17) is 4.98 Å². The molecule has 7 nitrogen and oxygen atoms in total. The number of hydrogen-bond donors (Lipinski definition) is 2. The molecule has 0 bridgehead atoms. The van der Waals surface area contributed by atoms with E-state index in [9.17, 15) is 9.59 Å². The van der Waals surface area contributed by atoms with E-state index < -0.39 is 6.04 Å². The minimum atomic E-state index is -0.696. The Hall–Kier alpha value is -3.78. The smallest absolute Gasteiger partial charge is 0.251 e. The summed E-state index contributed by atoms with van der Waals surface area (Å²) in [5.74, 6) is 0.139. The highest BCUT2D eigenvalue weighted by molar-refractivity contribution is 7.19. The van der Waals surface area contributed by atoms with E-state index in [2.05, 4.69) is 15.6 Å². The molecule has 0 aliphatic rings. The van der Waals surface area contributed by atoms with Crippen molar-refractivity contribution in [3.05, 3.63) is 78.6 Å². The number of thiazole rings is 1. The van der Waals surface area contributed by atoms with Crippen LogP contribution < -0.4 is 10.6 Å². The van der Waals surface area contributed by atoms with Crippen LogP contribution in [0.15, 0.2) is 73.1 Å². The van der Waals surface area contributed by atoms with Crippen LogP contribution in [0, 0.1) is 5.92 Å². The molecule has 4 rings (SSSR count). The number of nitrogens with zero attached hydrogens (tertiary/aromatic N) is 3. The molecule has 2 amide bonds. The molecule has 2 aromatic heterocycles. The van der Waals surface area contributed by atoms with Crippen molar-refractivity contribution in [1.82, 2.24) is 19.9 Å². The summed E-state index contributed by atoms with van der Waals surface area (Å²) >= 11 is 1.37. The van der Waals surface area contributed by atoms with Crippen molar-refractivity contribution in [3.8, 4) is 22.0 Å². The maximum Gasteiger partial charge on any atom is 0.251 e. The Morgan fingerprint density at radius 2 is 1.74 bits per heavy atom. The summed E-state index contributed by atoms with van der Waals surface area (Å²) in [7, 11) is 1.92. The molecule has 174 valence electrons. The summed E-state index contributed by atoms with van der Waals surface area (Å²) in [5.41, 5.74) is 2.21. The van der Waals surface area contributed by atoms with Crippen LogP contribution in [0.1, 0.15) is 30.6 Å². The zero-order valence-corrected chi connectivity index (χ0v) is 20.2. The van der Waals surface area contributed by atoms with Crippen LogP contribution >= 0.6 is 11.3 Å². The van der Waals surface area contributed by atoms with Crippen LogP contribution in [-0.2, 0) is 11.8 Å². The maximum atomic E-state index is 13.3. The molecule has 0 aliphatic carbocycles. The van der Waals surface area contributed by atoms with Gasteiger partial charge in [0, 0.05) is 30.6 Å². The molecule has 4 aromatic rings. The lowest BCUT2D eigenvalue weighted by atomic mass is 9.98. The SMILES string of the molecule is CCC(C)C(NC(=O)c1ccccc1)C(=O)Nc1nc(-c2ccccc2)c(-c2nccn2C)s1. The first-order valence-corrected chi connectivity index (χ1v) is 12.0. The Morgan fingerprint density at radius 1 is 1.06 bits per heavy atom. The highest BCUT2D eigenvalue weighted by Gasteiger charge is 2.28. The van der Waals surface area contributed by atoms with Gasteiger partial charge >= 0.3 is 0 Å². The zero-order valence-electron chi connectivity index (χ0n) is 19.4. The standard InChI is InChI=1S/C26H27N5O2S/c1-4-17(2)20(28-24(32)19-13-9-6-10-14-19)25(33)30-26-29-21(18-11-7-5-8-12-18)22(34-26)23-27-15-16-31(23)3/h5-17,20H,4H2,1-3H3,(H,28,32)(H,29,30,33). The summed E-state index contributed by atoms with van der Waals surface area (Å²) in [6.07, 6.45) is 4.35. The molecule has 0 saturated heterocycles. The summed E-state index contributed by atoms with van der Waals surface area (Å²) in [5, 5.41) is 6.31. The summed E-state index contributed by atoms with van der Waals surface area (Å²) in [6, 6.07) is 18.0. The minimum Gasteiger partial charge on any atom is -0.340 e. The van der Waals surface area contributed by atoms with Crippen LogP contribution in [0.4, 0.5) is 5.13 Å². The highest BCUT2D eigenvalue weighted by Crippen LogP contribution is 2.38. The predicted octanol–water partition coefficient (Wildman–Crippen LogP) is 4.99. The number of nitrogens with one attached hydrogen (secondary N) is 2. The van der Waals surface area contributed by atoms with E-state index in [-0.39, 0.29) is 17.7 Å². The van der Waals surface area contributed by atoms with Gasteiger partial charge in [-0.15, -0.1) is 0 Å². The predicted molar refractivity (Wildman–Crippen MR) is 136 cm³/mol. The summed E-state index contributed by atoms with van der Waals surface area (Å²) in [4.78, 5) is 36.1. The topological polar surface area (TPSA) is 88.9 Å². The lowest BCUT2D eigenvalue weighted by Gasteiger charge is -2.23. The van der Waals surface area contributed by atoms with Crippen molar-refractivity contribution in [2.75, 3.05) is 5.32 Å². The molecule has 0 radical (unpaired) electrons. The average molecular weight is 474 g/mol. The van der Waals surface area contributed by atoms with E-state index in [0.29, 0.717) is 10.7 Å². The second kappa shape index (κ2) is 10.4. The number of carbonyl (C=O) groups excluding carboxylic acids is 2. The number of hydrogen-bond acceptors (Lipinski definition) is 5. The first-order valence-electron chi connectivity index (χ1n) is 11.2. The van der Waals surface area contributed by atoms with Gasteiger partial charge in [0.05, 0.1) is 10.6 Å². The molecule has 2 aromatic carbocycles. The average Bonchev–Trinajstić information content (AvgIpc) is 3.48. The van der Waals surface area contributed by atoms with E-state index >= 15 is 0 Å². The van der Waals surface area contributed by atoms with Gasteiger partial charge in [0.15, 0.2) is 11.0 Å². The van der Waals surface area contributed by atoms with Crippen LogP contribution in [0.2, 0.25) is 0 Å². The largest absolute Gasteiger partial charge is 0.340 e. The zero-order chi connectivity index (χ0) is 24.1. The first-order chi connectivity index (χ1) is 16.5. The van der Waals surface area contributed by atoms with Crippen molar-refractivity contribution in [3.63, 3.8) is 0 Å². The number of amides is 2. The molecule has 2 atom stereocenters. The van der Waals surface area contributed by atoms with Crippen LogP contribution in [0.3, 0.4) is 0 Å². The number of carbonyl (C=O) groups is 2. The van der Waals surface area contributed by atoms with E-state index in [1.807, 2.05) is 68.1 Å². The summed E-state index contributed by atoms with van der Waals surface area (Å²) < 4.78 is 1.92. The number of imidazole rings is 1. The van der Waals surface area contributed by atoms with Crippen molar-refractivity contribution >= 4 is 28.3 Å². The third-order valence-electron chi connectivity index (χ3n) is 5.75. The number of rotatable bonds is 8. The quantitative estimate of drug-likeness (QED) is 0.377. The van der Waals surface area contributed by atoms with Gasteiger partial charge < -0.3 is 15.2 Å². The Kier molecular flexibility index (Phi) is 7.18. The molecule has 0 fully saturated rings. The molecule has 8 heteroatoms. The minimum absolute atomic E-state index is 0.0600. The van der Waals surface area contributed by atoms with Crippen LogP contribution in [-0.4, -0.2) is 32.4 Å². The third kappa shape index (κ3) is 5.07. The number of aromatic nitrogens is 3. The normalized spacial score (nSPS) is 12.7. The van der Waals surface area contributed by atoms with Crippen molar-refractivity contribution in [2.45, 2.75) is 26.3 Å². The molecule has 2 N–H and O–H groups in total. The highest BCUT2D eigenvalue weighted by atomic mass is 32.1. The molecule has 2 unspecified atom stereocenters. The fraction of sp³-hybridized carbons (Fsp3) is 0.231. The molecular weight excluding hydrogens is 446 g/mol. The van der Waals surface area contributed by atoms with E-state index in [1.165, 1.54) is 11.3 Å². The van der Waals surface area contributed by atoms with Gasteiger partial charge in [-0.3, -0.25) is 9.59 Å². The van der Waals surface area contributed by atoms with Gasteiger partial charge in [-0.05, 0) is 18.1 Å². The monoisotopic (exact) mass is 473 g/mol. The molecule has 0 saturated carbocycles. The number of aryl methyl sites for hydroxylation is 1. The van der Waals surface area contributed by atoms with Gasteiger partial charge in [0.25, 0.3) is 5.91 Å². The molecule has 34 heavy (non-hydrogen) atoms. The second-order valence-corrected chi connectivity index (χ2v) is 9.12. The molecule has 2 heterocycles. The lowest BCUT2D eigenvalue weighted by Crippen LogP contribution is -2.47. The number of benzene rings is 2. The van der Waals surface area contributed by atoms with E-state index in [0.717, 1.165) is 28.4 Å². The first kappa shape index (κ1) is 23.4. The van der Waals surface area contributed by atoms with Gasteiger partial charge in [-0.25, -0.2) is 9.97 Å². The Morgan fingerprint density at radius 3 is 2.35 bits per heavy atom.